The molecule has 0 aliphatic carbocycles. The summed E-state index contributed by atoms with van der Waals surface area (Å²) in [6, 6.07) is 9.53. The summed E-state index contributed by atoms with van der Waals surface area (Å²) in [7, 11) is 0. The van der Waals surface area contributed by atoms with Crippen molar-refractivity contribution >= 4 is 11.8 Å². The van der Waals surface area contributed by atoms with Crippen LogP contribution in [0.5, 0.6) is 0 Å². The van der Waals surface area contributed by atoms with Gasteiger partial charge in [-0.1, -0.05) is 51.1 Å². The Kier molecular flexibility index (Phi) is 6.99. The van der Waals surface area contributed by atoms with Gasteiger partial charge in [-0.15, -0.1) is 0 Å². The van der Waals surface area contributed by atoms with Crippen molar-refractivity contribution in [1.82, 2.24) is 0 Å². The first-order valence-corrected chi connectivity index (χ1v) is 7.21. The van der Waals surface area contributed by atoms with Gasteiger partial charge >= 0.3 is 5.97 Å². The van der Waals surface area contributed by atoms with Crippen LogP contribution in [0.1, 0.15) is 45.6 Å². The minimum absolute atomic E-state index is 0.0249. The molecule has 1 atom stereocenters. The highest BCUT2D eigenvalue weighted by molar-refractivity contribution is 5.84. The molecule has 1 aromatic carbocycles. The van der Waals surface area contributed by atoms with E-state index in [-0.39, 0.29) is 37.1 Å². The number of carbonyl (C=O) groups is 2. The van der Waals surface area contributed by atoms with Gasteiger partial charge in [-0.25, -0.2) is 0 Å². The van der Waals surface area contributed by atoms with Crippen LogP contribution in [-0.2, 0) is 20.9 Å². The third-order valence-electron chi connectivity index (χ3n) is 3.19. The Morgan fingerprint density at radius 3 is 2.30 bits per heavy atom. The van der Waals surface area contributed by atoms with Crippen LogP contribution >= 0.6 is 0 Å². The lowest BCUT2D eigenvalue weighted by molar-refractivity contribution is -0.146. The zero-order valence-electron chi connectivity index (χ0n) is 12.6. The highest BCUT2D eigenvalue weighted by Crippen LogP contribution is 2.14. The molecule has 1 aromatic rings. The van der Waals surface area contributed by atoms with Gasteiger partial charge in [-0.3, -0.25) is 9.59 Å². The lowest BCUT2D eigenvalue weighted by atomic mass is 9.93. The van der Waals surface area contributed by atoms with Crippen LogP contribution in [0, 0.1) is 11.8 Å². The molecular formula is C17H24O3. The van der Waals surface area contributed by atoms with E-state index in [4.69, 9.17) is 4.74 Å². The minimum atomic E-state index is -0.307. The van der Waals surface area contributed by atoms with Crippen LogP contribution in [-0.4, -0.2) is 11.8 Å². The van der Waals surface area contributed by atoms with Crippen molar-refractivity contribution in [1.29, 1.82) is 0 Å². The molecule has 0 unspecified atom stereocenters. The summed E-state index contributed by atoms with van der Waals surface area (Å²) >= 11 is 0. The summed E-state index contributed by atoms with van der Waals surface area (Å²) in [5.41, 5.74) is 0.959. The van der Waals surface area contributed by atoms with E-state index in [1.54, 1.807) is 0 Å². The highest BCUT2D eigenvalue weighted by Gasteiger charge is 2.16. The van der Waals surface area contributed by atoms with Crippen molar-refractivity contribution in [3.05, 3.63) is 35.9 Å². The van der Waals surface area contributed by atoms with Gasteiger partial charge in [0, 0.05) is 12.3 Å². The predicted octanol–water partition coefficient (Wildman–Crippen LogP) is 3.76. The third-order valence-corrected chi connectivity index (χ3v) is 3.19. The zero-order chi connectivity index (χ0) is 15.0. The van der Waals surface area contributed by atoms with Gasteiger partial charge in [0.15, 0.2) is 0 Å². The van der Waals surface area contributed by atoms with Gasteiger partial charge in [-0.05, 0) is 17.9 Å². The number of hydrogen-bond donors (Lipinski definition) is 0. The van der Waals surface area contributed by atoms with E-state index in [0.29, 0.717) is 5.92 Å². The fraction of sp³-hybridized carbons (Fsp3) is 0.529. The van der Waals surface area contributed by atoms with E-state index in [1.807, 2.05) is 37.3 Å². The molecule has 20 heavy (non-hydrogen) atoms. The van der Waals surface area contributed by atoms with Gasteiger partial charge in [-0.2, -0.15) is 0 Å². The number of hydrogen-bond acceptors (Lipinski definition) is 3. The van der Waals surface area contributed by atoms with Crippen molar-refractivity contribution in [2.24, 2.45) is 11.8 Å². The average Bonchev–Trinajstić information content (AvgIpc) is 2.42. The molecule has 3 heteroatoms. The van der Waals surface area contributed by atoms with Crippen LogP contribution < -0.4 is 0 Å². The van der Waals surface area contributed by atoms with Crippen molar-refractivity contribution in [2.75, 3.05) is 0 Å². The van der Waals surface area contributed by atoms with Crippen LogP contribution in [0.15, 0.2) is 30.3 Å². The van der Waals surface area contributed by atoms with E-state index in [2.05, 4.69) is 13.8 Å². The monoisotopic (exact) mass is 276 g/mol. The number of esters is 1. The maximum atomic E-state index is 11.8. The first-order chi connectivity index (χ1) is 9.49. The molecule has 0 spiro atoms. The Bertz CT molecular complexity index is 423. The van der Waals surface area contributed by atoms with Crippen molar-refractivity contribution in [3.63, 3.8) is 0 Å². The molecule has 0 saturated carbocycles. The topological polar surface area (TPSA) is 43.4 Å². The second-order valence-corrected chi connectivity index (χ2v) is 5.64. The third kappa shape index (κ3) is 6.50. The van der Waals surface area contributed by atoms with E-state index in [9.17, 15) is 9.59 Å². The summed E-state index contributed by atoms with van der Waals surface area (Å²) in [5.74, 6) is 0.366. The molecule has 0 amide bonds. The molecule has 1 rings (SSSR count). The van der Waals surface area contributed by atoms with Gasteiger partial charge in [0.1, 0.15) is 12.4 Å². The van der Waals surface area contributed by atoms with Crippen LogP contribution in [0.2, 0.25) is 0 Å². The second kappa shape index (κ2) is 8.51. The number of rotatable bonds is 8. The lowest BCUT2D eigenvalue weighted by Crippen LogP contribution is -2.15. The second-order valence-electron chi connectivity index (χ2n) is 5.64. The Morgan fingerprint density at radius 2 is 1.70 bits per heavy atom. The van der Waals surface area contributed by atoms with Gasteiger partial charge < -0.3 is 4.74 Å². The van der Waals surface area contributed by atoms with Crippen molar-refractivity contribution in [2.45, 2.75) is 46.6 Å². The smallest absolute Gasteiger partial charge is 0.306 e. The Morgan fingerprint density at radius 1 is 1.05 bits per heavy atom. The molecule has 0 bridgehead atoms. The number of carbonyl (C=O) groups excluding carboxylic acids is 2. The van der Waals surface area contributed by atoms with Crippen LogP contribution in [0.4, 0.5) is 0 Å². The molecule has 0 N–H and O–H groups in total. The Hall–Kier alpha value is -1.64. The molecule has 3 nitrogen and oxygen atoms in total. The molecule has 0 aromatic heterocycles. The van der Waals surface area contributed by atoms with Gasteiger partial charge in [0.25, 0.3) is 0 Å². The van der Waals surface area contributed by atoms with Gasteiger partial charge in [0.2, 0.25) is 0 Å². The summed E-state index contributed by atoms with van der Waals surface area (Å²) in [4.78, 5) is 23.4. The molecule has 0 radical (unpaired) electrons. The molecule has 0 aliphatic rings. The summed E-state index contributed by atoms with van der Waals surface area (Å²) < 4.78 is 5.15. The van der Waals surface area contributed by atoms with E-state index in [1.165, 1.54) is 0 Å². The van der Waals surface area contributed by atoms with Crippen LogP contribution in [0.25, 0.3) is 0 Å². The fourth-order valence-electron chi connectivity index (χ4n) is 2.12. The number of Topliss-reactive ketones (excluding diaryl/α,β-unsaturated/α-hetero) is 1. The number of benzene rings is 1. The Balaban J connectivity index is 2.24. The predicted molar refractivity (Wildman–Crippen MR) is 79.1 cm³/mol. The molecule has 110 valence electrons. The highest BCUT2D eigenvalue weighted by atomic mass is 16.5. The Labute approximate surface area is 121 Å². The molecular weight excluding hydrogens is 252 g/mol. The number of ketones is 1. The number of ether oxygens (including phenoxy) is 1. The summed E-state index contributed by atoms with van der Waals surface area (Å²) in [5, 5.41) is 0. The summed E-state index contributed by atoms with van der Waals surface area (Å²) in [6.07, 6.45) is 1.33. The van der Waals surface area contributed by atoms with E-state index < -0.39 is 0 Å². The summed E-state index contributed by atoms with van der Waals surface area (Å²) in [6.45, 7) is 6.39. The van der Waals surface area contributed by atoms with E-state index >= 15 is 0 Å². The van der Waals surface area contributed by atoms with Crippen molar-refractivity contribution < 1.29 is 14.3 Å². The standard InChI is InChI=1S/C17H24O3/c1-13(2)11-14(3)16(18)9-10-17(19)20-12-15-7-5-4-6-8-15/h4-8,13-14H,9-12H2,1-3H3/t14-/m0/s1. The molecule has 0 aliphatic heterocycles. The lowest BCUT2D eigenvalue weighted by Gasteiger charge is -2.12. The first kappa shape index (κ1) is 16.4. The molecule has 0 fully saturated rings. The van der Waals surface area contributed by atoms with Crippen LogP contribution in [0.3, 0.4) is 0 Å². The molecule has 0 heterocycles. The maximum absolute atomic E-state index is 11.8. The minimum Gasteiger partial charge on any atom is -0.461 e. The van der Waals surface area contributed by atoms with Crippen molar-refractivity contribution in [3.8, 4) is 0 Å². The first-order valence-electron chi connectivity index (χ1n) is 7.21. The van der Waals surface area contributed by atoms with E-state index in [0.717, 1.165) is 12.0 Å². The SMILES string of the molecule is CC(C)C[C@H](C)C(=O)CCC(=O)OCc1ccccc1. The molecule has 0 saturated heterocycles. The fourth-order valence-corrected chi connectivity index (χ4v) is 2.12. The zero-order valence-corrected chi connectivity index (χ0v) is 12.6. The normalized spacial score (nSPS) is 12.2. The average molecular weight is 276 g/mol. The largest absolute Gasteiger partial charge is 0.461 e. The maximum Gasteiger partial charge on any atom is 0.306 e. The quantitative estimate of drug-likeness (QED) is 0.679. The van der Waals surface area contributed by atoms with Gasteiger partial charge in [0.05, 0.1) is 6.42 Å².